The number of carbonyl (C=O) groups is 1. The second-order valence-electron chi connectivity index (χ2n) is 4.42. The SMILES string of the molecule is CCN(CC1CC1)c1cccc(Cl)c1C(=O)O. The summed E-state index contributed by atoms with van der Waals surface area (Å²) < 4.78 is 0. The van der Waals surface area contributed by atoms with Crippen LogP contribution >= 0.6 is 11.6 Å². The van der Waals surface area contributed by atoms with Crippen LogP contribution in [0, 0.1) is 5.92 Å². The van der Waals surface area contributed by atoms with E-state index >= 15 is 0 Å². The third-order valence-corrected chi connectivity index (χ3v) is 3.42. The van der Waals surface area contributed by atoms with Crippen molar-refractivity contribution in [3.63, 3.8) is 0 Å². The van der Waals surface area contributed by atoms with Crippen LogP contribution in [0.1, 0.15) is 30.1 Å². The molecule has 1 aliphatic carbocycles. The molecule has 0 amide bonds. The van der Waals surface area contributed by atoms with E-state index in [-0.39, 0.29) is 5.56 Å². The number of benzene rings is 1. The minimum atomic E-state index is -0.958. The molecule has 1 saturated carbocycles. The van der Waals surface area contributed by atoms with Gasteiger partial charge in [0.2, 0.25) is 0 Å². The molecule has 0 aliphatic heterocycles. The first-order valence-corrected chi connectivity index (χ1v) is 6.28. The van der Waals surface area contributed by atoms with Crippen LogP contribution in [0.5, 0.6) is 0 Å². The van der Waals surface area contributed by atoms with E-state index < -0.39 is 5.97 Å². The monoisotopic (exact) mass is 253 g/mol. The Balaban J connectivity index is 2.33. The zero-order chi connectivity index (χ0) is 12.4. The quantitative estimate of drug-likeness (QED) is 0.876. The summed E-state index contributed by atoms with van der Waals surface area (Å²) in [7, 11) is 0. The summed E-state index contributed by atoms with van der Waals surface area (Å²) in [5.74, 6) is -0.240. The molecule has 0 atom stereocenters. The summed E-state index contributed by atoms with van der Waals surface area (Å²) in [6.07, 6.45) is 2.50. The fourth-order valence-electron chi connectivity index (χ4n) is 2.00. The molecule has 17 heavy (non-hydrogen) atoms. The van der Waals surface area contributed by atoms with Gasteiger partial charge in [-0.3, -0.25) is 0 Å². The smallest absolute Gasteiger partial charge is 0.339 e. The van der Waals surface area contributed by atoms with Gasteiger partial charge in [0.15, 0.2) is 0 Å². The van der Waals surface area contributed by atoms with E-state index in [2.05, 4.69) is 4.90 Å². The topological polar surface area (TPSA) is 40.5 Å². The second-order valence-corrected chi connectivity index (χ2v) is 4.83. The van der Waals surface area contributed by atoms with Gasteiger partial charge < -0.3 is 10.0 Å². The Morgan fingerprint density at radius 1 is 1.53 bits per heavy atom. The first-order valence-electron chi connectivity index (χ1n) is 5.90. The van der Waals surface area contributed by atoms with Crippen molar-refractivity contribution >= 4 is 23.3 Å². The fourth-order valence-corrected chi connectivity index (χ4v) is 2.25. The molecule has 0 radical (unpaired) electrons. The van der Waals surface area contributed by atoms with Crippen molar-refractivity contribution in [2.75, 3.05) is 18.0 Å². The number of hydrogen-bond donors (Lipinski definition) is 1. The standard InChI is InChI=1S/C13H16ClNO2/c1-2-15(8-9-6-7-9)11-5-3-4-10(14)12(11)13(16)17/h3-5,9H,2,6-8H2,1H3,(H,16,17). The highest BCUT2D eigenvalue weighted by Crippen LogP contribution is 2.34. The normalized spacial score (nSPS) is 14.7. The summed E-state index contributed by atoms with van der Waals surface area (Å²) >= 11 is 5.97. The van der Waals surface area contributed by atoms with E-state index in [1.54, 1.807) is 12.1 Å². The van der Waals surface area contributed by atoms with Crippen molar-refractivity contribution < 1.29 is 9.90 Å². The molecule has 0 aromatic heterocycles. The maximum Gasteiger partial charge on any atom is 0.339 e. The van der Waals surface area contributed by atoms with E-state index in [0.717, 1.165) is 24.7 Å². The van der Waals surface area contributed by atoms with Gasteiger partial charge >= 0.3 is 5.97 Å². The minimum Gasteiger partial charge on any atom is -0.478 e. The highest BCUT2D eigenvalue weighted by atomic mass is 35.5. The van der Waals surface area contributed by atoms with Crippen molar-refractivity contribution in [2.45, 2.75) is 19.8 Å². The first kappa shape index (κ1) is 12.2. The highest BCUT2D eigenvalue weighted by molar-refractivity contribution is 6.34. The molecular weight excluding hydrogens is 238 g/mol. The Hall–Kier alpha value is -1.22. The largest absolute Gasteiger partial charge is 0.478 e. The summed E-state index contributed by atoms with van der Waals surface area (Å²) in [5, 5.41) is 9.54. The van der Waals surface area contributed by atoms with Crippen molar-refractivity contribution in [2.24, 2.45) is 5.92 Å². The van der Waals surface area contributed by atoms with Crippen molar-refractivity contribution in [3.8, 4) is 0 Å². The van der Waals surface area contributed by atoms with Gasteiger partial charge in [-0.25, -0.2) is 4.79 Å². The lowest BCUT2D eigenvalue weighted by molar-refractivity contribution is 0.0697. The van der Waals surface area contributed by atoms with Gasteiger partial charge in [-0.05, 0) is 37.8 Å². The average Bonchev–Trinajstić information content (AvgIpc) is 3.08. The molecule has 92 valence electrons. The molecule has 0 spiro atoms. The van der Waals surface area contributed by atoms with Crippen LogP contribution in [0.15, 0.2) is 18.2 Å². The molecule has 1 aromatic rings. The Labute approximate surface area is 106 Å². The third kappa shape index (κ3) is 2.72. The maximum atomic E-state index is 11.3. The lowest BCUT2D eigenvalue weighted by atomic mass is 10.1. The molecule has 1 N–H and O–H groups in total. The molecular formula is C13H16ClNO2. The zero-order valence-electron chi connectivity index (χ0n) is 9.82. The number of rotatable bonds is 5. The number of nitrogens with zero attached hydrogens (tertiary/aromatic N) is 1. The number of hydrogen-bond acceptors (Lipinski definition) is 2. The van der Waals surface area contributed by atoms with Crippen molar-refractivity contribution in [1.29, 1.82) is 0 Å². The Kier molecular flexibility index (Phi) is 3.57. The summed E-state index contributed by atoms with van der Waals surface area (Å²) in [4.78, 5) is 13.4. The molecule has 4 heteroatoms. The number of aromatic carboxylic acids is 1. The Bertz CT molecular complexity index is 429. The summed E-state index contributed by atoms with van der Waals surface area (Å²) in [6.45, 7) is 3.77. The van der Waals surface area contributed by atoms with E-state index in [0.29, 0.717) is 5.02 Å². The summed E-state index contributed by atoms with van der Waals surface area (Å²) in [5.41, 5.74) is 0.955. The molecule has 0 bridgehead atoms. The van der Waals surface area contributed by atoms with Crippen LogP contribution in [0.2, 0.25) is 5.02 Å². The van der Waals surface area contributed by atoms with Gasteiger partial charge in [0, 0.05) is 13.1 Å². The predicted molar refractivity (Wildman–Crippen MR) is 69.0 cm³/mol. The van der Waals surface area contributed by atoms with Crippen LogP contribution < -0.4 is 4.90 Å². The molecule has 3 nitrogen and oxygen atoms in total. The third-order valence-electron chi connectivity index (χ3n) is 3.10. The van der Waals surface area contributed by atoms with Gasteiger partial charge in [0.1, 0.15) is 5.56 Å². The number of carboxylic acid groups (broad SMARTS) is 1. The number of carboxylic acids is 1. The predicted octanol–water partition coefficient (Wildman–Crippen LogP) is 3.27. The fraction of sp³-hybridized carbons (Fsp3) is 0.462. The molecule has 1 fully saturated rings. The van der Waals surface area contributed by atoms with Crippen LogP contribution in [0.25, 0.3) is 0 Å². The van der Waals surface area contributed by atoms with Gasteiger partial charge in [0.25, 0.3) is 0 Å². The Morgan fingerprint density at radius 2 is 2.24 bits per heavy atom. The highest BCUT2D eigenvalue weighted by Gasteiger charge is 2.26. The van der Waals surface area contributed by atoms with E-state index in [4.69, 9.17) is 11.6 Å². The van der Waals surface area contributed by atoms with Gasteiger partial charge in [0.05, 0.1) is 10.7 Å². The van der Waals surface area contributed by atoms with E-state index in [1.165, 1.54) is 12.8 Å². The molecule has 1 aromatic carbocycles. The van der Waals surface area contributed by atoms with Crippen LogP contribution in [-0.4, -0.2) is 24.2 Å². The van der Waals surface area contributed by atoms with Crippen LogP contribution in [-0.2, 0) is 0 Å². The molecule has 2 rings (SSSR count). The second kappa shape index (κ2) is 4.96. The molecule has 1 aliphatic rings. The lowest BCUT2D eigenvalue weighted by Gasteiger charge is -2.25. The molecule has 0 saturated heterocycles. The van der Waals surface area contributed by atoms with Crippen LogP contribution in [0.4, 0.5) is 5.69 Å². The van der Waals surface area contributed by atoms with E-state index in [1.807, 2.05) is 13.0 Å². The van der Waals surface area contributed by atoms with Gasteiger partial charge in [-0.15, -0.1) is 0 Å². The minimum absolute atomic E-state index is 0.219. The molecule has 0 unspecified atom stereocenters. The summed E-state index contributed by atoms with van der Waals surface area (Å²) in [6, 6.07) is 5.26. The number of halogens is 1. The number of anilines is 1. The van der Waals surface area contributed by atoms with Crippen molar-refractivity contribution in [3.05, 3.63) is 28.8 Å². The first-order chi connectivity index (χ1) is 8.13. The van der Waals surface area contributed by atoms with Crippen molar-refractivity contribution in [1.82, 2.24) is 0 Å². The van der Waals surface area contributed by atoms with Gasteiger partial charge in [-0.1, -0.05) is 17.7 Å². The molecule has 0 heterocycles. The maximum absolute atomic E-state index is 11.3. The zero-order valence-corrected chi connectivity index (χ0v) is 10.6. The Morgan fingerprint density at radius 3 is 2.76 bits per heavy atom. The van der Waals surface area contributed by atoms with Gasteiger partial charge in [-0.2, -0.15) is 0 Å². The average molecular weight is 254 g/mol. The van der Waals surface area contributed by atoms with E-state index in [9.17, 15) is 9.90 Å². The van der Waals surface area contributed by atoms with Crippen LogP contribution in [0.3, 0.4) is 0 Å². The lowest BCUT2D eigenvalue weighted by Crippen LogP contribution is -2.27.